The summed E-state index contributed by atoms with van der Waals surface area (Å²) < 4.78 is 11.2. The molecule has 0 radical (unpaired) electrons. The summed E-state index contributed by atoms with van der Waals surface area (Å²) in [6, 6.07) is 0. The van der Waals surface area contributed by atoms with Crippen LogP contribution < -0.4 is 11.5 Å². The highest BCUT2D eigenvalue weighted by Crippen LogP contribution is 2.01. The van der Waals surface area contributed by atoms with Gasteiger partial charge in [0.2, 0.25) is 5.91 Å². The predicted molar refractivity (Wildman–Crippen MR) is 45.3 cm³/mol. The molecule has 11 heavy (non-hydrogen) atoms. The zero-order valence-electron chi connectivity index (χ0n) is 6.74. The molecule has 4 N–H and O–H groups in total. The zero-order chi connectivity index (χ0) is 9.02. The van der Waals surface area contributed by atoms with Crippen molar-refractivity contribution in [3.8, 4) is 0 Å². The molecular formula is C6H14N2O2S. The fourth-order valence-corrected chi connectivity index (χ4v) is 1.67. The van der Waals surface area contributed by atoms with E-state index in [0.717, 1.165) is 0 Å². The highest BCUT2D eigenvalue weighted by atomic mass is 32.2. The smallest absolute Gasteiger partial charge is 0.232 e. The van der Waals surface area contributed by atoms with Gasteiger partial charge < -0.3 is 11.5 Å². The predicted octanol–water partition coefficient (Wildman–Crippen LogP) is -1.04. The first-order valence-corrected chi connectivity index (χ1v) is 4.67. The van der Waals surface area contributed by atoms with E-state index in [2.05, 4.69) is 0 Å². The molecule has 0 heterocycles. The van der Waals surface area contributed by atoms with Crippen LogP contribution in [0.2, 0.25) is 0 Å². The average molecular weight is 178 g/mol. The first-order chi connectivity index (χ1) is 5.00. The van der Waals surface area contributed by atoms with Gasteiger partial charge in [0, 0.05) is 22.6 Å². The van der Waals surface area contributed by atoms with E-state index in [9.17, 15) is 9.00 Å². The highest BCUT2D eigenvalue weighted by Gasteiger charge is 2.20. The number of amides is 1. The van der Waals surface area contributed by atoms with Crippen LogP contribution in [0.15, 0.2) is 0 Å². The molecule has 0 aliphatic rings. The van der Waals surface area contributed by atoms with Gasteiger partial charge in [0.25, 0.3) is 0 Å². The lowest BCUT2D eigenvalue weighted by molar-refractivity contribution is -0.117. The van der Waals surface area contributed by atoms with Gasteiger partial charge in [-0.15, -0.1) is 0 Å². The summed E-state index contributed by atoms with van der Waals surface area (Å²) in [5, 5.41) is -0.772. The lowest BCUT2D eigenvalue weighted by Gasteiger charge is -2.12. The SMILES string of the molecule is CC(CN)S(=O)C(C)C(N)=O. The second-order valence-corrected chi connectivity index (χ2v) is 4.59. The number of hydrogen-bond acceptors (Lipinski definition) is 3. The third kappa shape index (κ3) is 2.98. The van der Waals surface area contributed by atoms with Gasteiger partial charge in [-0.25, -0.2) is 0 Å². The molecule has 4 nitrogen and oxygen atoms in total. The fraction of sp³-hybridized carbons (Fsp3) is 0.833. The molecule has 0 aliphatic carbocycles. The van der Waals surface area contributed by atoms with Gasteiger partial charge >= 0.3 is 0 Å². The van der Waals surface area contributed by atoms with Crippen molar-refractivity contribution in [2.24, 2.45) is 11.5 Å². The van der Waals surface area contributed by atoms with E-state index in [1.54, 1.807) is 13.8 Å². The molecular weight excluding hydrogens is 164 g/mol. The molecule has 0 aromatic carbocycles. The Balaban J connectivity index is 4.13. The molecule has 0 aromatic heterocycles. The van der Waals surface area contributed by atoms with Crippen LogP contribution in [-0.4, -0.2) is 27.2 Å². The van der Waals surface area contributed by atoms with Gasteiger partial charge in [-0.1, -0.05) is 0 Å². The van der Waals surface area contributed by atoms with Crippen molar-refractivity contribution in [3.63, 3.8) is 0 Å². The molecule has 0 aromatic rings. The van der Waals surface area contributed by atoms with E-state index in [1.807, 2.05) is 0 Å². The van der Waals surface area contributed by atoms with Crippen molar-refractivity contribution in [2.75, 3.05) is 6.54 Å². The molecule has 5 heteroatoms. The minimum Gasteiger partial charge on any atom is -0.369 e. The summed E-state index contributed by atoms with van der Waals surface area (Å²) in [7, 11) is -1.24. The van der Waals surface area contributed by atoms with Crippen LogP contribution in [0.4, 0.5) is 0 Å². The topological polar surface area (TPSA) is 86.2 Å². The van der Waals surface area contributed by atoms with E-state index < -0.39 is 22.0 Å². The van der Waals surface area contributed by atoms with Crippen LogP contribution in [0.3, 0.4) is 0 Å². The van der Waals surface area contributed by atoms with Gasteiger partial charge in [0.05, 0.1) is 0 Å². The number of carbonyl (C=O) groups is 1. The molecule has 0 bridgehead atoms. The second-order valence-electron chi connectivity index (χ2n) is 2.42. The number of nitrogens with two attached hydrogens (primary N) is 2. The quantitative estimate of drug-likeness (QED) is 0.576. The molecule has 0 saturated carbocycles. The zero-order valence-corrected chi connectivity index (χ0v) is 7.56. The summed E-state index contributed by atoms with van der Waals surface area (Å²) in [6.45, 7) is 3.59. The molecule has 66 valence electrons. The highest BCUT2D eigenvalue weighted by molar-refractivity contribution is 7.87. The van der Waals surface area contributed by atoms with Crippen molar-refractivity contribution >= 4 is 16.7 Å². The van der Waals surface area contributed by atoms with Crippen LogP contribution in [0.5, 0.6) is 0 Å². The van der Waals surface area contributed by atoms with Crippen molar-refractivity contribution in [1.29, 1.82) is 0 Å². The molecule has 0 spiro atoms. The van der Waals surface area contributed by atoms with Crippen molar-refractivity contribution in [3.05, 3.63) is 0 Å². The molecule has 3 unspecified atom stereocenters. The Bertz CT molecular complexity index is 172. The monoisotopic (exact) mass is 178 g/mol. The first kappa shape index (κ1) is 10.6. The van der Waals surface area contributed by atoms with Crippen LogP contribution in [0.25, 0.3) is 0 Å². The Kier molecular flexibility index (Phi) is 4.29. The summed E-state index contributed by atoms with van der Waals surface area (Å²) in [5.74, 6) is -0.538. The van der Waals surface area contributed by atoms with Gasteiger partial charge in [0.15, 0.2) is 0 Å². The van der Waals surface area contributed by atoms with Crippen LogP contribution in [0.1, 0.15) is 13.8 Å². The van der Waals surface area contributed by atoms with Crippen LogP contribution in [-0.2, 0) is 15.6 Å². The Hall–Kier alpha value is -0.420. The molecule has 3 atom stereocenters. The number of hydrogen-bond donors (Lipinski definition) is 2. The molecule has 0 rings (SSSR count). The van der Waals surface area contributed by atoms with E-state index >= 15 is 0 Å². The first-order valence-electron chi connectivity index (χ1n) is 3.39. The lowest BCUT2D eigenvalue weighted by atomic mass is 10.5. The maximum atomic E-state index is 11.2. The van der Waals surface area contributed by atoms with E-state index in [0.29, 0.717) is 6.54 Å². The Labute approximate surface area is 68.8 Å². The number of carbonyl (C=O) groups excluding carboxylic acids is 1. The van der Waals surface area contributed by atoms with Gasteiger partial charge in [-0.05, 0) is 13.8 Å². The van der Waals surface area contributed by atoms with E-state index in [-0.39, 0.29) is 5.25 Å². The number of rotatable bonds is 4. The molecule has 0 saturated heterocycles. The maximum Gasteiger partial charge on any atom is 0.232 e. The van der Waals surface area contributed by atoms with Crippen molar-refractivity contribution < 1.29 is 9.00 Å². The summed E-state index contributed by atoms with van der Waals surface area (Å²) in [6.07, 6.45) is 0. The molecule has 0 fully saturated rings. The summed E-state index contributed by atoms with van der Waals surface area (Å²) in [5.41, 5.74) is 10.2. The Morgan fingerprint density at radius 3 is 2.27 bits per heavy atom. The van der Waals surface area contributed by atoms with Crippen molar-refractivity contribution in [2.45, 2.75) is 24.3 Å². The average Bonchev–Trinajstić information content (AvgIpc) is 2.00. The summed E-state index contributed by atoms with van der Waals surface area (Å²) >= 11 is 0. The normalized spacial score (nSPS) is 18.8. The van der Waals surface area contributed by atoms with Crippen LogP contribution in [0, 0.1) is 0 Å². The van der Waals surface area contributed by atoms with Gasteiger partial charge in [0.1, 0.15) is 5.25 Å². The molecule has 0 aliphatic heterocycles. The lowest BCUT2D eigenvalue weighted by Crippen LogP contribution is -2.36. The minimum absolute atomic E-state index is 0.169. The third-order valence-corrected chi connectivity index (χ3v) is 3.39. The fourth-order valence-electron chi connectivity index (χ4n) is 0.558. The third-order valence-electron chi connectivity index (χ3n) is 1.48. The second kappa shape index (κ2) is 4.46. The Morgan fingerprint density at radius 2 is 2.00 bits per heavy atom. The molecule has 1 amide bonds. The maximum absolute atomic E-state index is 11.2. The largest absolute Gasteiger partial charge is 0.369 e. The Morgan fingerprint density at radius 1 is 1.55 bits per heavy atom. The van der Waals surface area contributed by atoms with Crippen molar-refractivity contribution in [1.82, 2.24) is 0 Å². The van der Waals surface area contributed by atoms with E-state index in [1.165, 1.54) is 0 Å². The summed E-state index contributed by atoms with van der Waals surface area (Å²) in [4.78, 5) is 10.5. The van der Waals surface area contributed by atoms with E-state index in [4.69, 9.17) is 11.5 Å². The van der Waals surface area contributed by atoms with Crippen LogP contribution >= 0.6 is 0 Å². The van der Waals surface area contributed by atoms with Gasteiger partial charge in [-0.2, -0.15) is 0 Å². The minimum atomic E-state index is -1.24. The standard InChI is InChI=1S/C6H14N2O2S/c1-4(3-7)11(10)5(2)6(8)9/h4-5H,3,7H2,1-2H3,(H2,8,9). The van der Waals surface area contributed by atoms with Gasteiger partial charge in [-0.3, -0.25) is 9.00 Å². The number of primary amides is 1.